The van der Waals surface area contributed by atoms with Crippen molar-refractivity contribution < 1.29 is 9.18 Å². The Kier molecular flexibility index (Phi) is 7.45. The van der Waals surface area contributed by atoms with Crippen LogP contribution in [-0.4, -0.2) is 47.9 Å². The fraction of sp³-hybridized carbons (Fsp3) is 0.259. The first kappa shape index (κ1) is 25.5. The van der Waals surface area contributed by atoms with Gasteiger partial charge in [-0.05, 0) is 74.0 Å². The molecule has 38 heavy (non-hydrogen) atoms. The maximum atomic E-state index is 14.6. The number of rotatable bonds is 8. The Hall–Kier alpha value is -4.12. The van der Waals surface area contributed by atoms with Gasteiger partial charge in [-0.25, -0.2) is 19.4 Å². The molecule has 0 radical (unpaired) electrons. The number of allylic oxidation sites excluding steroid dienone is 1. The fourth-order valence-electron chi connectivity index (χ4n) is 4.07. The summed E-state index contributed by atoms with van der Waals surface area (Å²) >= 11 is 1.37. The summed E-state index contributed by atoms with van der Waals surface area (Å²) in [5, 5.41) is 3.34. The van der Waals surface area contributed by atoms with E-state index in [0.29, 0.717) is 28.0 Å². The Morgan fingerprint density at radius 3 is 2.39 bits per heavy atom. The average Bonchev–Trinajstić information content (AvgIpc) is 2.77. The van der Waals surface area contributed by atoms with E-state index >= 15 is 0 Å². The molecule has 2 fully saturated rings. The van der Waals surface area contributed by atoms with Crippen molar-refractivity contribution in [2.45, 2.75) is 29.8 Å². The van der Waals surface area contributed by atoms with E-state index in [2.05, 4.69) is 20.2 Å². The molecule has 2 aliphatic heterocycles. The second kappa shape index (κ2) is 11.1. The zero-order chi connectivity index (χ0) is 26.6. The van der Waals surface area contributed by atoms with Crippen LogP contribution in [0.1, 0.15) is 30.1 Å². The number of halogens is 1. The minimum absolute atomic E-state index is 0.0638. The predicted molar refractivity (Wildman–Crippen MR) is 150 cm³/mol. The summed E-state index contributed by atoms with van der Waals surface area (Å²) in [7, 11) is 0. The van der Waals surface area contributed by atoms with Crippen molar-refractivity contribution in [3.8, 4) is 0 Å². The normalized spacial score (nSPS) is 15.6. The molecule has 196 valence electrons. The zero-order valence-electron chi connectivity index (χ0n) is 21.0. The van der Waals surface area contributed by atoms with Gasteiger partial charge in [0.2, 0.25) is 0 Å². The van der Waals surface area contributed by atoms with E-state index in [1.807, 2.05) is 23.1 Å². The lowest BCUT2D eigenvalue weighted by Gasteiger charge is -2.34. The number of anilines is 3. The highest BCUT2D eigenvalue weighted by atomic mass is 32.2. The second-order valence-electron chi connectivity index (χ2n) is 9.19. The van der Waals surface area contributed by atoms with Crippen LogP contribution < -0.4 is 26.6 Å². The number of carbonyl (C=O) groups excluding carboxylic acids is 1. The summed E-state index contributed by atoms with van der Waals surface area (Å²) in [6, 6.07) is 13.8. The van der Waals surface area contributed by atoms with Crippen molar-refractivity contribution in [2.75, 3.05) is 41.3 Å². The van der Waals surface area contributed by atoms with Gasteiger partial charge in [0, 0.05) is 48.5 Å². The summed E-state index contributed by atoms with van der Waals surface area (Å²) in [5.74, 6) is 0.500. The van der Waals surface area contributed by atoms with Crippen molar-refractivity contribution in [3.63, 3.8) is 0 Å². The number of aromatic nitrogens is 2. The summed E-state index contributed by atoms with van der Waals surface area (Å²) in [6.45, 7) is 5.23. The van der Waals surface area contributed by atoms with E-state index in [1.54, 1.807) is 37.3 Å². The standard InChI is InChI=1S/C27H29FN8OS/c1-17(29)15-22(30)32-23-16-24(36-13-4-14-36)34-27(33-23)38-19-9-7-18(8-10-19)31-26(37)25-20(28)5-2-6-21(25)35-11-3-12-35/h2,5-10,15-16H,3-4,11-14,29H2,1H3,(H,31,37)(H2,30,32,33,34)/b17-15-. The number of amidine groups is 1. The highest BCUT2D eigenvalue weighted by molar-refractivity contribution is 7.99. The van der Waals surface area contributed by atoms with Crippen LogP contribution in [0.15, 0.2) is 75.3 Å². The quantitative estimate of drug-likeness (QED) is 0.223. The maximum absolute atomic E-state index is 14.6. The van der Waals surface area contributed by atoms with Gasteiger partial charge in [-0.2, -0.15) is 0 Å². The molecular formula is C27H29FN8OS. The Morgan fingerprint density at radius 2 is 1.76 bits per heavy atom. The topological polar surface area (TPSA) is 126 Å². The molecule has 0 saturated carbocycles. The number of nitrogens with one attached hydrogen (secondary N) is 1. The smallest absolute Gasteiger partial charge is 0.260 e. The van der Waals surface area contributed by atoms with Crippen LogP contribution in [-0.2, 0) is 0 Å². The predicted octanol–water partition coefficient (Wildman–Crippen LogP) is 4.29. The minimum Gasteiger partial charge on any atom is -0.402 e. The highest BCUT2D eigenvalue weighted by Gasteiger charge is 2.24. The van der Waals surface area contributed by atoms with Crippen LogP contribution in [0.3, 0.4) is 0 Å². The van der Waals surface area contributed by atoms with E-state index in [-0.39, 0.29) is 11.4 Å². The molecule has 1 aromatic heterocycles. The molecule has 5 N–H and O–H groups in total. The molecule has 0 bridgehead atoms. The summed E-state index contributed by atoms with van der Waals surface area (Å²) in [6.07, 6.45) is 3.73. The van der Waals surface area contributed by atoms with Crippen molar-refractivity contribution in [2.24, 2.45) is 16.5 Å². The average molecular weight is 533 g/mol. The van der Waals surface area contributed by atoms with Gasteiger partial charge in [-0.15, -0.1) is 0 Å². The van der Waals surface area contributed by atoms with Crippen LogP contribution in [0.4, 0.5) is 27.4 Å². The zero-order valence-corrected chi connectivity index (χ0v) is 21.8. The number of carbonyl (C=O) groups is 1. The third kappa shape index (κ3) is 5.88. The van der Waals surface area contributed by atoms with E-state index < -0.39 is 11.7 Å². The van der Waals surface area contributed by atoms with E-state index in [4.69, 9.17) is 16.5 Å². The monoisotopic (exact) mass is 532 g/mol. The molecule has 2 aromatic carbocycles. The Morgan fingerprint density at radius 1 is 1.05 bits per heavy atom. The molecule has 2 saturated heterocycles. The number of benzene rings is 2. The van der Waals surface area contributed by atoms with Crippen molar-refractivity contribution in [1.29, 1.82) is 0 Å². The van der Waals surface area contributed by atoms with Gasteiger partial charge in [0.15, 0.2) is 11.0 Å². The largest absolute Gasteiger partial charge is 0.402 e. The lowest BCUT2D eigenvalue weighted by atomic mass is 10.1. The van der Waals surface area contributed by atoms with Crippen LogP contribution in [0.25, 0.3) is 0 Å². The van der Waals surface area contributed by atoms with Gasteiger partial charge in [-0.3, -0.25) is 4.79 Å². The van der Waals surface area contributed by atoms with Crippen LogP contribution in [0, 0.1) is 5.82 Å². The number of aliphatic imine (C=N–C) groups is 1. The highest BCUT2D eigenvalue weighted by Crippen LogP contribution is 2.32. The van der Waals surface area contributed by atoms with Crippen molar-refractivity contribution in [1.82, 2.24) is 9.97 Å². The lowest BCUT2D eigenvalue weighted by molar-refractivity contribution is 0.102. The first-order valence-corrected chi connectivity index (χ1v) is 13.2. The molecule has 0 atom stereocenters. The van der Waals surface area contributed by atoms with E-state index in [0.717, 1.165) is 49.7 Å². The van der Waals surface area contributed by atoms with Gasteiger partial charge in [0.05, 0.1) is 11.3 Å². The number of nitrogens with zero attached hydrogens (tertiary/aromatic N) is 5. The van der Waals surface area contributed by atoms with Gasteiger partial charge < -0.3 is 26.6 Å². The molecule has 3 aromatic rings. The van der Waals surface area contributed by atoms with E-state index in [1.165, 1.54) is 17.8 Å². The molecule has 0 spiro atoms. The second-order valence-corrected chi connectivity index (χ2v) is 10.2. The SMILES string of the molecule is C/C(N)=C/C(N)=Nc1cc(N2CCC2)nc(Sc2ccc(NC(=O)c3c(F)cccc3N3CCC3)cc2)n1. The Balaban J connectivity index is 1.32. The summed E-state index contributed by atoms with van der Waals surface area (Å²) in [4.78, 5) is 31.6. The number of hydrogen-bond acceptors (Lipinski definition) is 8. The molecular weight excluding hydrogens is 503 g/mol. The van der Waals surface area contributed by atoms with Gasteiger partial charge in [0.1, 0.15) is 17.5 Å². The fourth-order valence-corrected chi connectivity index (χ4v) is 4.83. The first-order chi connectivity index (χ1) is 18.4. The van der Waals surface area contributed by atoms with Crippen LogP contribution in [0.5, 0.6) is 0 Å². The summed E-state index contributed by atoms with van der Waals surface area (Å²) < 4.78 is 14.6. The molecule has 2 aliphatic rings. The molecule has 0 unspecified atom stereocenters. The van der Waals surface area contributed by atoms with E-state index in [9.17, 15) is 9.18 Å². The molecule has 5 rings (SSSR count). The Bertz CT molecular complexity index is 1400. The summed E-state index contributed by atoms with van der Waals surface area (Å²) in [5.41, 5.74) is 13.5. The number of amides is 1. The van der Waals surface area contributed by atoms with Gasteiger partial charge >= 0.3 is 0 Å². The molecule has 11 heteroatoms. The van der Waals surface area contributed by atoms with Gasteiger partial charge in [-0.1, -0.05) is 6.07 Å². The van der Waals surface area contributed by atoms with Crippen LogP contribution in [0.2, 0.25) is 0 Å². The first-order valence-electron chi connectivity index (χ1n) is 12.4. The molecule has 1 amide bonds. The lowest BCUT2D eigenvalue weighted by Crippen LogP contribution is -2.38. The molecule has 3 heterocycles. The third-order valence-electron chi connectivity index (χ3n) is 6.21. The molecule has 9 nitrogen and oxygen atoms in total. The van der Waals surface area contributed by atoms with Gasteiger partial charge in [0.25, 0.3) is 5.91 Å². The maximum Gasteiger partial charge on any atom is 0.260 e. The molecule has 0 aliphatic carbocycles. The minimum atomic E-state index is -0.533. The Labute approximate surface area is 224 Å². The number of hydrogen-bond donors (Lipinski definition) is 3. The third-order valence-corrected chi connectivity index (χ3v) is 7.09. The van der Waals surface area contributed by atoms with Crippen LogP contribution >= 0.6 is 11.8 Å². The van der Waals surface area contributed by atoms with Crippen molar-refractivity contribution >= 4 is 46.5 Å². The van der Waals surface area contributed by atoms with Crippen molar-refractivity contribution in [3.05, 3.63) is 71.7 Å². The number of nitrogens with two attached hydrogens (primary N) is 2.